The van der Waals surface area contributed by atoms with Crippen LogP contribution in [0, 0.1) is 17.3 Å². The average molecular weight is 204 g/mol. The van der Waals surface area contributed by atoms with Gasteiger partial charge in [-0.15, -0.1) is 6.58 Å². The summed E-state index contributed by atoms with van der Waals surface area (Å²) >= 11 is 0. The second-order valence-electron chi connectivity index (χ2n) is 5.43. The Bertz CT molecular complexity index is 284. The average Bonchev–Trinajstić information content (AvgIpc) is 2.17. The van der Waals surface area contributed by atoms with Crippen molar-refractivity contribution in [3.05, 3.63) is 37.0 Å². The van der Waals surface area contributed by atoms with Crippen LogP contribution in [0.25, 0.3) is 0 Å². The van der Waals surface area contributed by atoms with E-state index in [1.165, 1.54) is 30.4 Å². The van der Waals surface area contributed by atoms with E-state index in [-0.39, 0.29) is 5.41 Å². The standard InChI is InChI=1S/C15H24/c1-7-15(6)9-8-13(11(2)3)10-14(15)12(4)5/h7,13-14H,1-2,4,8-10H2,3,5-6H3/t13-,14-,15+/m1/s1. The van der Waals surface area contributed by atoms with Gasteiger partial charge in [-0.05, 0) is 50.4 Å². The smallest absolute Gasteiger partial charge is 0.00836 e. The monoisotopic (exact) mass is 204 g/mol. The summed E-state index contributed by atoms with van der Waals surface area (Å²) in [4.78, 5) is 0. The molecule has 0 aliphatic heterocycles. The molecule has 0 N–H and O–H groups in total. The molecule has 1 fully saturated rings. The van der Waals surface area contributed by atoms with Crippen molar-refractivity contribution in [1.29, 1.82) is 0 Å². The van der Waals surface area contributed by atoms with Crippen molar-refractivity contribution in [3.63, 3.8) is 0 Å². The Morgan fingerprint density at radius 3 is 2.27 bits per heavy atom. The fourth-order valence-corrected chi connectivity index (χ4v) is 2.79. The lowest BCUT2D eigenvalue weighted by Crippen LogP contribution is -2.33. The van der Waals surface area contributed by atoms with Gasteiger partial charge in [-0.1, -0.05) is 37.3 Å². The molecule has 0 aromatic carbocycles. The van der Waals surface area contributed by atoms with Crippen LogP contribution < -0.4 is 0 Å². The number of rotatable bonds is 3. The molecule has 0 aromatic heterocycles. The van der Waals surface area contributed by atoms with Crippen LogP contribution in [-0.4, -0.2) is 0 Å². The van der Waals surface area contributed by atoms with Crippen LogP contribution in [0.1, 0.15) is 40.0 Å². The van der Waals surface area contributed by atoms with Gasteiger partial charge in [-0.3, -0.25) is 0 Å². The molecule has 1 aliphatic rings. The highest BCUT2D eigenvalue weighted by Crippen LogP contribution is 2.48. The Morgan fingerprint density at radius 1 is 1.27 bits per heavy atom. The van der Waals surface area contributed by atoms with Crippen LogP contribution in [0.15, 0.2) is 37.0 Å². The summed E-state index contributed by atoms with van der Waals surface area (Å²) in [5, 5.41) is 0. The van der Waals surface area contributed by atoms with Crippen LogP contribution in [0.4, 0.5) is 0 Å². The third kappa shape index (κ3) is 2.42. The molecule has 0 amide bonds. The molecule has 0 aromatic rings. The van der Waals surface area contributed by atoms with Crippen LogP contribution in [-0.2, 0) is 0 Å². The normalized spacial score (nSPS) is 35.9. The molecule has 0 heterocycles. The maximum Gasteiger partial charge on any atom is -0.00836 e. The molecule has 0 nitrogen and oxygen atoms in total. The lowest BCUT2D eigenvalue weighted by atomic mass is 9.61. The SMILES string of the molecule is C=C[C@@]1(C)CC[C@@H](C(=C)C)C[C@@H]1C(=C)C. The van der Waals surface area contributed by atoms with Crippen LogP contribution >= 0.6 is 0 Å². The molecule has 1 saturated carbocycles. The number of allylic oxidation sites excluding steroid dienone is 3. The first-order chi connectivity index (χ1) is 6.90. The second-order valence-corrected chi connectivity index (χ2v) is 5.43. The highest BCUT2D eigenvalue weighted by molar-refractivity contribution is 5.15. The van der Waals surface area contributed by atoms with Gasteiger partial charge in [-0.25, -0.2) is 0 Å². The summed E-state index contributed by atoms with van der Waals surface area (Å²) in [6, 6.07) is 0. The highest BCUT2D eigenvalue weighted by atomic mass is 14.4. The van der Waals surface area contributed by atoms with Crippen LogP contribution in [0.3, 0.4) is 0 Å². The van der Waals surface area contributed by atoms with E-state index in [4.69, 9.17) is 0 Å². The van der Waals surface area contributed by atoms with E-state index >= 15 is 0 Å². The maximum absolute atomic E-state index is 4.14. The third-order valence-electron chi connectivity index (χ3n) is 4.11. The predicted octanol–water partition coefficient (Wildman–Crippen LogP) is 4.75. The lowest BCUT2D eigenvalue weighted by Gasteiger charge is -2.43. The topological polar surface area (TPSA) is 0 Å². The fraction of sp³-hybridized carbons (Fsp3) is 0.600. The maximum atomic E-state index is 4.14. The zero-order chi connectivity index (χ0) is 11.6. The quantitative estimate of drug-likeness (QED) is 0.582. The molecular formula is C15H24. The molecule has 84 valence electrons. The van der Waals surface area contributed by atoms with Crippen LogP contribution in [0.5, 0.6) is 0 Å². The molecular weight excluding hydrogens is 180 g/mol. The molecule has 0 spiro atoms. The van der Waals surface area contributed by atoms with Crippen molar-refractivity contribution in [2.45, 2.75) is 40.0 Å². The second kappa shape index (κ2) is 4.38. The molecule has 0 radical (unpaired) electrons. The summed E-state index contributed by atoms with van der Waals surface area (Å²) in [5.74, 6) is 1.25. The summed E-state index contributed by atoms with van der Waals surface area (Å²) in [7, 11) is 0. The largest absolute Gasteiger partial charge is 0.103 e. The minimum absolute atomic E-state index is 0.248. The Hall–Kier alpha value is -0.780. The van der Waals surface area contributed by atoms with Gasteiger partial charge in [0.15, 0.2) is 0 Å². The molecule has 15 heavy (non-hydrogen) atoms. The zero-order valence-electron chi connectivity index (χ0n) is 10.5. The van der Waals surface area contributed by atoms with Gasteiger partial charge in [-0.2, -0.15) is 0 Å². The van der Waals surface area contributed by atoms with Crippen molar-refractivity contribution in [2.75, 3.05) is 0 Å². The molecule has 1 rings (SSSR count). The van der Waals surface area contributed by atoms with E-state index in [1.807, 2.05) is 0 Å². The van der Waals surface area contributed by atoms with E-state index in [2.05, 4.69) is 46.6 Å². The third-order valence-corrected chi connectivity index (χ3v) is 4.11. The summed E-state index contributed by atoms with van der Waals surface area (Å²) in [6.07, 6.45) is 5.79. The summed E-state index contributed by atoms with van der Waals surface area (Å²) in [5.41, 5.74) is 2.87. The molecule has 0 heteroatoms. The Morgan fingerprint density at radius 2 is 1.87 bits per heavy atom. The van der Waals surface area contributed by atoms with Crippen molar-refractivity contribution in [1.82, 2.24) is 0 Å². The fourth-order valence-electron chi connectivity index (χ4n) is 2.79. The molecule has 1 aliphatic carbocycles. The predicted molar refractivity (Wildman–Crippen MR) is 68.8 cm³/mol. The van der Waals surface area contributed by atoms with Gasteiger partial charge in [0, 0.05) is 0 Å². The van der Waals surface area contributed by atoms with Gasteiger partial charge in [0.2, 0.25) is 0 Å². The van der Waals surface area contributed by atoms with E-state index in [1.54, 1.807) is 0 Å². The Kier molecular flexibility index (Phi) is 3.59. The first kappa shape index (κ1) is 12.3. The van der Waals surface area contributed by atoms with Crippen LogP contribution in [0.2, 0.25) is 0 Å². The van der Waals surface area contributed by atoms with Gasteiger partial charge in [0.25, 0.3) is 0 Å². The highest BCUT2D eigenvalue weighted by Gasteiger charge is 2.38. The summed E-state index contributed by atoms with van der Waals surface area (Å²) < 4.78 is 0. The minimum atomic E-state index is 0.248. The van der Waals surface area contributed by atoms with Crippen molar-refractivity contribution >= 4 is 0 Å². The first-order valence-corrected chi connectivity index (χ1v) is 5.85. The minimum Gasteiger partial charge on any atom is -0.103 e. The molecule has 3 atom stereocenters. The molecule has 0 bridgehead atoms. The van der Waals surface area contributed by atoms with E-state index in [0.717, 1.165) is 0 Å². The lowest BCUT2D eigenvalue weighted by molar-refractivity contribution is 0.170. The molecule has 0 saturated heterocycles. The van der Waals surface area contributed by atoms with E-state index in [0.29, 0.717) is 11.8 Å². The van der Waals surface area contributed by atoms with Gasteiger partial charge in [0.1, 0.15) is 0 Å². The summed E-state index contributed by atoms with van der Waals surface area (Å²) in [6.45, 7) is 18.8. The Labute approximate surface area is 94.8 Å². The first-order valence-electron chi connectivity index (χ1n) is 5.85. The van der Waals surface area contributed by atoms with Crippen molar-refractivity contribution in [2.24, 2.45) is 17.3 Å². The zero-order valence-corrected chi connectivity index (χ0v) is 10.5. The molecule has 0 unspecified atom stereocenters. The van der Waals surface area contributed by atoms with E-state index in [9.17, 15) is 0 Å². The number of hydrogen-bond acceptors (Lipinski definition) is 0. The number of hydrogen-bond donors (Lipinski definition) is 0. The van der Waals surface area contributed by atoms with Gasteiger partial charge in [0.05, 0.1) is 0 Å². The van der Waals surface area contributed by atoms with Crippen molar-refractivity contribution in [3.8, 4) is 0 Å². The van der Waals surface area contributed by atoms with E-state index < -0.39 is 0 Å². The van der Waals surface area contributed by atoms with Gasteiger partial charge >= 0.3 is 0 Å². The van der Waals surface area contributed by atoms with Gasteiger partial charge < -0.3 is 0 Å². The van der Waals surface area contributed by atoms with Crippen molar-refractivity contribution < 1.29 is 0 Å². The Balaban J connectivity index is 2.88.